The van der Waals surface area contributed by atoms with Crippen molar-refractivity contribution in [1.82, 2.24) is 0 Å². The molecule has 6 aliphatic rings. The quantitative estimate of drug-likeness (QED) is 0.126. The molecule has 0 atom stereocenters. The van der Waals surface area contributed by atoms with Gasteiger partial charge in [-0.05, 0) is 344 Å². The molecule has 0 N–H and O–H groups in total. The van der Waals surface area contributed by atoms with E-state index in [1.165, 1.54) is 134 Å². The average Bonchev–Trinajstić information content (AvgIpc) is 0.822. The zero-order chi connectivity index (χ0) is 96.7. The molecule has 0 aliphatic heterocycles. The maximum Gasteiger partial charge on any atom is 0.166 e. The third-order valence-corrected chi connectivity index (χ3v) is 29.5. The van der Waals surface area contributed by atoms with Gasteiger partial charge in [0.05, 0.1) is 0 Å². The summed E-state index contributed by atoms with van der Waals surface area (Å²) >= 11 is 0. The summed E-state index contributed by atoms with van der Waals surface area (Å²) in [5, 5.41) is 0. The number of benzene rings is 12. The molecule has 12 aromatic carbocycles. The van der Waals surface area contributed by atoms with E-state index in [4.69, 9.17) is 0 Å². The predicted molar refractivity (Wildman–Crippen MR) is 554 cm³/mol. The third-order valence-electron chi connectivity index (χ3n) is 29.5. The van der Waals surface area contributed by atoms with Gasteiger partial charge in [-0.2, -0.15) is 0 Å². The lowest BCUT2D eigenvalue weighted by atomic mass is 9.70. The highest BCUT2D eigenvalue weighted by atomic mass is 19.2. The monoisotopic (exact) mass is 1820 g/mol. The molecule has 0 saturated heterocycles. The lowest BCUT2D eigenvalue weighted by Crippen LogP contribution is -2.24. The van der Waals surface area contributed by atoms with Crippen LogP contribution in [0.5, 0.6) is 0 Å². The Morgan fingerprint density at radius 2 is 0.433 bits per heavy atom. The first-order chi connectivity index (χ1) is 64.1. The van der Waals surface area contributed by atoms with Crippen molar-refractivity contribution in [2.75, 3.05) is 0 Å². The van der Waals surface area contributed by atoms with E-state index < -0.39 is 23.3 Å². The fourth-order valence-electron chi connectivity index (χ4n) is 19.7. The van der Waals surface area contributed by atoms with Crippen molar-refractivity contribution in [3.63, 3.8) is 0 Å². The molecule has 12 aromatic rings. The normalized spacial score (nSPS) is 21.2. The van der Waals surface area contributed by atoms with Gasteiger partial charge >= 0.3 is 0 Å². The molecular weight excluding hydrogens is 1670 g/mol. The van der Waals surface area contributed by atoms with Crippen molar-refractivity contribution >= 4 is 0 Å². The summed E-state index contributed by atoms with van der Waals surface area (Å²) in [6.45, 7) is 37.0. The topological polar surface area (TPSA) is 0 Å². The first-order valence-electron chi connectivity index (χ1n) is 50.5. The Morgan fingerprint density at radius 1 is 0.172 bits per heavy atom. The van der Waals surface area contributed by atoms with Crippen molar-refractivity contribution in [1.29, 1.82) is 0 Å². The second kappa shape index (κ2) is 53.0. The first kappa shape index (κ1) is 106. The van der Waals surface area contributed by atoms with Crippen LogP contribution in [0.3, 0.4) is 0 Å². The minimum atomic E-state index is -0.774. The molecule has 0 spiro atoms. The van der Waals surface area contributed by atoms with E-state index in [9.17, 15) is 35.1 Å². The van der Waals surface area contributed by atoms with Gasteiger partial charge in [0, 0.05) is 11.1 Å². The number of aryl methyl sites for hydroxylation is 12. The molecule has 0 unspecified atom stereocenters. The van der Waals surface area contributed by atoms with E-state index in [1.807, 2.05) is 145 Å². The van der Waals surface area contributed by atoms with Crippen molar-refractivity contribution < 1.29 is 35.1 Å². The fourth-order valence-corrected chi connectivity index (χ4v) is 19.7. The number of rotatable bonds is 9. The van der Waals surface area contributed by atoms with Gasteiger partial charge in [0.2, 0.25) is 0 Å². The van der Waals surface area contributed by atoms with Crippen LogP contribution in [-0.2, 0) is 0 Å². The second-order valence-electron chi connectivity index (χ2n) is 41.2. The van der Waals surface area contributed by atoms with Crippen LogP contribution >= 0.6 is 0 Å². The molecule has 18 rings (SSSR count). The van der Waals surface area contributed by atoms with Gasteiger partial charge in [0.15, 0.2) is 23.3 Å². The summed E-state index contributed by atoms with van der Waals surface area (Å²) < 4.78 is 108. The van der Waals surface area contributed by atoms with E-state index in [0.717, 1.165) is 136 Å². The van der Waals surface area contributed by atoms with Gasteiger partial charge < -0.3 is 0 Å². The molecule has 714 valence electrons. The molecule has 6 saturated carbocycles. The lowest BCUT2D eigenvalue weighted by Gasteiger charge is -2.36. The van der Waals surface area contributed by atoms with Crippen LogP contribution in [0.1, 0.15) is 308 Å². The van der Waals surface area contributed by atoms with Crippen LogP contribution in [0.25, 0.3) is 44.5 Å². The molecule has 0 amide bonds. The SMILES string of the molecule is CC1CCC(C2CCC(C)CC2)CC1.Cc1ccc(-c2ccc(C)c(F)c2)cc1.Cc1ccc(-c2ccc(C)c(F)c2F)cc1.Cc1ccc(-c2ccc(C)cc2)cc1.Cc1ccc(-c2ccc(C)cc2F)cc1.Cc1ccc(C2CCC(C)CC2)c(F)c1.Cc1ccc(C2CCC(C)CC2)c(F)c1F.Cc1ccc(C2CCC(C)CC2)cc1.Cc1ccc(C2CCC(C)CC2)cc1F. The van der Waals surface area contributed by atoms with Crippen LogP contribution in [0.2, 0.25) is 0 Å². The molecule has 134 heavy (non-hydrogen) atoms. The summed E-state index contributed by atoms with van der Waals surface area (Å²) in [6, 6.07) is 78.4. The zero-order valence-corrected chi connectivity index (χ0v) is 84.0. The fraction of sp³-hybridized carbons (Fsp3) is 0.429. The lowest BCUT2D eigenvalue weighted by molar-refractivity contribution is 0.155. The van der Waals surface area contributed by atoms with Crippen molar-refractivity contribution in [2.45, 2.75) is 302 Å². The van der Waals surface area contributed by atoms with Gasteiger partial charge in [-0.1, -0.05) is 370 Å². The van der Waals surface area contributed by atoms with Gasteiger partial charge in [0.1, 0.15) is 23.3 Å². The van der Waals surface area contributed by atoms with Gasteiger partial charge in [-0.3, -0.25) is 0 Å². The highest BCUT2D eigenvalue weighted by Gasteiger charge is 2.30. The molecule has 6 aliphatic carbocycles. The zero-order valence-electron chi connectivity index (χ0n) is 84.0. The number of hydrogen-bond donors (Lipinski definition) is 0. The first-order valence-corrected chi connectivity index (χ1v) is 50.5. The number of hydrogen-bond acceptors (Lipinski definition) is 0. The standard InChI is InChI=1S/C14H18F2.C14H12F2.C14H19F.C14H13F.C14H19F.C14H13F.C14H26.C14H20.C14H14/c2*1-9-3-6-11(7-4-9)12-8-5-10(2)13(15)14(12)16;2*1-10-3-6-12(7-4-10)13-8-5-11(2)14(15)9-13;2*1-10-3-6-12(7-4-10)13-8-5-11(2)9-14(13)15;3*1-11-3-7-13(8-4-11)14-9-5-12(2)6-10-14/h5,8-9,11H,3-4,6-7H2,1-2H3;3-8H,1-2H3;5,8-10,12H,3-4,6-7H2,1-2H3;3-9H,1-2H3;5,8-10,12H,3-4,6-7H2,1-2H3;3-9H,1-2H3;11-14H,3-10H2,1-2H3;3-4,7-8,12,14H,5-6,9-10H2,1-2H3;3-10H,1-2H3. The Bertz CT molecular complexity index is 5440. The van der Waals surface area contributed by atoms with Crippen LogP contribution in [0, 0.1) is 177 Å². The van der Waals surface area contributed by atoms with E-state index in [-0.39, 0.29) is 29.2 Å². The Labute approximate surface area is 802 Å². The molecule has 0 aromatic heterocycles. The van der Waals surface area contributed by atoms with Gasteiger partial charge in [0.25, 0.3) is 0 Å². The third kappa shape index (κ3) is 33.2. The Balaban J connectivity index is 0.000000156. The van der Waals surface area contributed by atoms with Crippen molar-refractivity contribution in [2.24, 2.45) is 47.3 Å². The molecule has 8 heteroatoms. The summed E-state index contributed by atoms with van der Waals surface area (Å²) in [4.78, 5) is 0. The smallest absolute Gasteiger partial charge is 0.166 e. The van der Waals surface area contributed by atoms with Crippen LogP contribution in [0.15, 0.2) is 243 Å². The number of halogens is 8. The van der Waals surface area contributed by atoms with E-state index in [1.54, 1.807) is 113 Å². The van der Waals surface area contributed by atoms with Gasteiger partial charge in [-0.15, -0.1) is 0 Å². The van der Waals surface area contributed by atoms with Crippen molar-refractivity contribution in [3.8, 4) is 44.5 Å². The summed E-state index contributed by atoms with van der Waals surface area (Å²) in [6.07, 6.45) is 31.9. The van der Waals surface area contributed by atoms with Crippen LogP contribution in [-0.4, -0.2) is 0 Å². The Morgan fingerprint density at radius 3 is 0.813 bits per heavy atom. The van der Waals surface area contributed by atoms with E-state index in [2.05, 4.69) is 141 Å². The summed E-state index contributed by atoms with van der Waals surface area (Å²) in [7, 11) is 0. The molecule has 0 heterocycles. The second-order valence-corrected chi connectivity index (χ2v) is 41.2. The van der Waals surface area contributed by atoms with Crippen molar-refractivity contribution in [3.05, 3.63) is 378 Å². The highest BCUT2D eigenvalue weighted by Crippen LogP contribution is 2.44. The maximum atomic E-state index is 13.8. The molecule has 6 fully saturated rings. The van der Waals surface area contributed by atoms with E-state index in [0.29, 0.717) is 50.8 Å². The molecular formula is C126H154F8. The molecule has 0 radical (unpaired) electrons. The van der Waals surface area contributed by atoms with Crippen LogP contribution < -0.4 is 0 Å². The Kier molecular flexibility index (Phi) is 42.0. The maximum absolute atomic E-state index is 13.8. The van der Waals surface area contributed by atoms with Gasteiger partial charge in [-0.25, -0.2) is 35.1 Å². The highest BCUT2D eigenvalue weighted by molar-refractivity contribution is 5.67. The van der Waals surface area contributed by atoms with Crippen LogP contribution in [0.4, 0.5) is 35.1 Å². The molecule has 0 nitrogen and oxygen atoms in total. The average molecular weight is 1820 g/mol. The largest absolute Gasteiger partial charge is 0.207 e. The summed E-state index contributed by atoms with van der Waals surface area (Å²) in [5.74, 6) is 6.55. The minimum Gasteiger partial charge on any atom is -0.207 e. The summed E-state index contributed by atoms with van der Waals surface area (Å²) in [5.41, 5.74) is 23.0. The predicted octanol–water partition coefficient (Wildman–Crippen LogP) is 38.8. The minimum absolute atomic E-state index is 0.00504. The van der Waals surface area contributed by atoms with E-state index >= 15 is 0 Å². The Hall–Kier alpha value is -9.92. The molecule has 0 bridgehead atoms.